The summed E-state index contributed by atoms with van der Waals surface area (Å²) < 4.78 is 5.24. The van der Waals surface area contributed by atoms with Crippen molar-refractivity contribution in [2.45, 2.75) is 12.8 Å². The maximum Gasteiger partial charge on any atom is 0.170 e. The Morgan fingerprint density at radius 1 is 0.909 bits per heavy atom. The van der Waals surface area contributed by atoms with Gasteiger partial charge in [0.1, 0.15) is 5.75 Å². The first-order valence-electron chi connectivity index (χ1n) is 7.36. The van der Waals surface area contributed by atoms with Crippen molar-refractivity contribution in [1.82, 2.24) is 0 Å². The fourth-order valence-corrected chi connectivity index (χ4v) is 2.64. The number of ketones is 1. The largest absolute Gasteiger partial charge is 0.497 e. The van der Waals surface area contributed by atoms with Crippen molar-refractivity contribution >= 4 is 16.6 Å². The summed E-state index contributed by atoms with van der Waals surface area (Å²) in [4.78, 5) is 12.6. The molecule has 0 saturated heterocycles. The average molecular weight is 290 g/mol. The van der Waals surface area contributed by atoms with E-state index in [-0.39, 0.29) is 11.7 Å². The lowest BCUT2D eigenvalue weighted by Crippen LogP contribution is -2.09. The molecule has 2 heteroatoms. The van der Waals surface area contributed by atoms with E-state index in [1.165, 1.54) is 0 Å². The zero-order valence-corrected chi connectivity index (χ0v) is 12.7. The number of hydrogen-bond acceptors (Lipinski definition) is 2. The normalized spacial score (nSPS) is 12.1. The van der Waals surface area contributed by atoms with Gasteiger partial charge in [0.2, 0.25) is 0 Å². The molecule has 2 nitrogen and oxygen atoms in total. The van der Waals surface area contributed by atoms with Crippen molar-refractivity contribution in [2.24, 2.45) is 0 Å². The topological polar surface area (TPSA) is 26.3 Å². The second-order valence-electron chi connectivity index (χ2n) is 5.42. The van der Waals surface area contributed by atoms with E-state index in [0.29, 0.717) is 0 Å². The number of carbonyl (C=O) groups excluding carboxylic acids is 1. The molecule has 0 aromatic heterocycles. The van der Waals surface area contributed by atoms with Gasteiger partial charge in [-0.1, -0.05) is 61.5 Å². The zero-order chi connectivity index (χ0) is 15.5. The molecule has 22 heavy (non-hydrogen) atoms. The maximum atomic E-state index is 12.6. The smallest absolute Gasteiger partial charge is 0.170 e. The van der Waals surface area contributed by atoms with E-state index >= 15 is 0 Å². The molecule has 0 spiro atoms. The van der Waals surface area contributed by atoms with Gasteiger partial charge in [-0.3, -0.25) is 4.79 Å². The molecule has 0 radical (unpaired) electrons. The third kappa shape index (κ3) is 2.73. The molecule has 1 atom stereocenters. The van der Waals surface area contributed by atoms with Gasteiger partial charge in [0.15, 0.2) is 5.78 Å². The number of methoxy groups -OCH3 is 1. The van der Waals surface area contributed by atoms with Crippen LogP contribution in [-0.2, 0) is 0 Å². The Labute approximate surface area is 130 Å². The van der Waals surface area contributed by atoms with E-state index in [0.717, 1.165) is 27.6 Å². The quantitative estimate of drug-likeness (QED) is 0.643. The molecule has 0 N–H and O–H groups in total. The first-order chi connectivity index (χ1) is 10.7. The highest BCUT2D eigenvalue weighted by molar-refractivity contribution is 6.01. The lowest BCUT2D eigenvalue weighted by Gasteiger charge is -2.12. The van der Waals surface area contributed by atoms with Gasteiger partial charge in [0.25, 0.3) is 0 Å². The van der Waals surface area contributed by atoms with Crippen LogP contribution in [0.25, 0.3) is 10.8 Å². The van der Waals surface area contributed by atoms with E-state index in [2.05, 4.69) is 6.07 Å². The number of carbonyl (C=O) groups is 1. The monoisotopic (exact) mass is 290 g/mol. The first kappa shape index (κ1) is 14.3. The van der Waals surface area contributed by atoms with Crippen molar-refractivity contribution in [1.29, 1.82) is 0 Å². The molecular formula is C20H18O2. The van der Waals surface area contributed by atoms with Crippen LogP contribution >= 0.6 is 0 Å². The highest BCUT2D eigenvalue weighted by atomic mass is 16.5. The van der Waals surface area contributed by atoms with E-state index < -0.39 is 0 Å². The van der Waals surface area contributed by atoms with Gasteiger partial charge in [-0.25, -0.2) is 0 Å². The van der Waals surface area contributed by atoms with Crippen molar-refractivity contribution in [2.75, 3.05) is 7.11 Å². The van der Waals surface area contributed by atoms with Crippen molar-refractivity contribution < 1.29 is 9.53 Å². The van der Waals surface area contributed by atoms with Crippen LogP contribution in [0.2, 0.25) is 0 Å². The SMILES string of the molecule is COc1ccc2cc(C(C)C(=O)c3ccccc3)ccc2c1. The fraction of sp³-hybridized carbons (Fsp3) is 0.150. The summed E-state index contributed by atoms with van der Waals surface area (Å²) in [6.45, 7) is 1.96. The van der Waals surface area contributed by atoms with Crippen LogP contribution in [0.4, 0.5) is 0 Å². The van der Waals surface area contributed by atoms with E-state index in [1.807, 2.05) is 67.6 Å². The van der Waals surface area contributed by atoms with Gasteiger partial charge in [0, 0.05) is 11.5 Å². The summed E-state index contributed by atoms with van der Waals surface area (Å²) in [5.74, 6) is 0.830. The molecule has 0 amide bonds. The molecule has 3 aromatic rings. The second-order valence-corrected chi connectivity index (χ2v) is 5.42. The van der Waals surface area contributed by atoms with Gasteiger partial charge in [-0.2, -0.15) is 0 Å². The minimum absolute atomic E-state index is 0.147. The first-order valence-corrected chi connectivity index (χ1v) is 7.36. The van der Waals surface area contributed by atoms with Crippen molar-refractivity contribution in [3.05, 3.63) is 77.9 Å². The molecule has 0 bridgehead atoms. The summed E-state index contributed by atoms with van der Waals surface area (Å²) in [7, 11) is 1.66. The lowest BCUT2D eigenvalue weighted by molar-refractivity contribution is 0.0966. The Bertz CT molecular complexity index is 806. The number of rotatable bonds is 4. The molecule has 3 rings (SSSR count). The summed E-state index contributed by atoms with van der Waals surface area (Å²) >= 11 is 0. The van der Waals surface area contributed by atoms with Gasteiger partial charge >= 0.3 is 0 Å². The third-order valence-electron chi connectivity index (χ3n) is 4.02. The Morgan fingerprint density at radius 3 is 2.32 bits per heavy atom. The fourth-order valence-electron chi connectivity index (χ4n) is 2.64. The zero-order valence-electron chi connectivity index (χ0n) is 12.7. The molecule has 1 unspecified atom stereocenters. The van der Waals surface area contributed by atoms with E-state index in [9.17, 15) is 4.79 Å². The van der Waals surface area contributed by atoms with Gasteiger partial charge in [0.05, 0.1) is 7.11 Å². The average Bonchev–Trinajstić information content (AvgIpc) is 2.60. The van der Waals surface area contributed by atoms with Gasteiger partial charge in [-0.05, 0) is 28.5 Å². The Balaban J connectivity index is 1.94. The maximum absolute atomic E-state index is 12.6. The van der Waals surface area contributed by atoms with Crippen LogP contribution in [0, 0.1) is 0 Å². The van der Waals surface area contributed by atoms with Crippen LogP contribution in [0.1, 0.15) is 28.8 Å². The summed E-state index contributed by atoms with van der Waals surface area (Å²) in [6, 6.07) is 21.6. The summed E-state index contributed by atoms with van der Waals surface area (Å²) in [5.41, 5.74) is 1.79. The molecule has 3 aromatic carbocycles. The van der Waals surface area contributed by atoms with Crippen LogP contribution in [0.15, 0.2) is 66.7 Å². The molecule has 0 saturated carbocycles. The van der Waals surface area contributed by atoms with Crippen molar-refractivity contribution in [3.8, 4) is 5.75 Å². The predicted octanol–water partition coefficient (Wildman–Crippen LogP) is 4.83. The number of fused-ring (bicyclic) bond motifs is 1. The molecular weight excluding hydrogens is 272 g/mol. The minimum Gasteiger partial charge on any atom is -0.497 e. The molecule has 110 valence electrons. The van der Waals surface area contributed by atoms with Crippen LogP contribution in [-0.4, -0.2) is 12.9 Å². The van der Waals surface area contributed by atoms with Crippen LogP contribution in [0.5, 0.6) is 5.75 Å². The van der Waals surface area contributed by atoms with Crippen LogP contribution in [0.3, 0.4) is 0 Å². The van der Waals surface area contributed by atoms with E-state index in [1.54, 1.807) is 7.11 Å². The molecule has 0 aliphatic rings. The summed E-state index contributed by atoms with van der Waals surface area (Å²) in [5, 5.41) is 2.23. The Hall–Kier alpha value is -2.61. The highest BCUT2D eigenvalue weighted by Crippen LogP contribution is 2.26. The predicted molar refractivity (Wildman–Crippen MR) is 89.7 cm³/mol. The highest BCUT2D eigenvalue weighted by Gasteiger charge is 2.17. The standard InChI is InChI=1S/C20H18O2/c1-14(20(21)15-6-4-3-5-7-15)16-8-9-18-13-19(22-2)11-10-17(18)12-16/h3-14H,1-2H3. The third-order valence-corrected chi connectivity index (χ3v) is 4.02. The minimum atomic E-state index is -0.158. The van der Waals surface area contributed by atoms with Gasteiger partial charge < -0.3 is 4.74 Å². The van der Waals surface area contributed by atoms with Gasteiger partial charge in [-0.15, -0.1) is 0 Å². The van der Waals surface area contributed by atoms with Crippen molar-refractivity contribution in [3.63, 3.8) is 0 Å². The summed E-state index contributed by atoms with van der Waals surface area (Å²) in [6.07, 6.45) is 0. The molecule has 0 fully saturated rings. The molecule has 0 aliphatic heterocycles. The molecule has 0 heterocycles. The molecule has 0 aliphatic carbocycles. The number of ether oxygens (including phenoxy) is 1. The lowest BCUT2D eigenvalue weighted by atomic mass is 9.91. The van der Waals surface area contributed by atoms with E-state index in [4.69, 9.17) is 4.74 Å². The number of hydrogen-bond donors (Lipinski definition) is 0. The number of benzene rings is 3. The number of Topliss-reactive ketones (excluding diaryl/α,β-unsaturated/α-hetero) is 1. The van der Waals surface area contributed by atoms with Crippen LogP contribution < -0.4 is 4.74 Å². The second kappa shape index (κ2) is 6.02. The Morgan fingerprint density at radius 2 is 1.59 bits per heavy atom. The Kier molecular flexibility index (Phi) is 3.92.